The van der Waals surface area contributed by atoms with Gasteiger partial charge in [0.05, 0.1) is 18.5 Å². The number of hydrogen-bond acceptors (Lipinski definition) is 5. The van der Waals surface area contributed by atoms with E-state index in [1.807, 2.05) is 11.1 Å². The van der Waals surface area contributed by atoms with Crippen molar-refractivity contribution in [1.82, 2.24) is 24.2 Å². The van der Waals surface area contributed by atoms with Crippen LogP contribution in [0, 0.1) is 5.92 Å². The van der Waals surface area contributed by atoms with Crippen LogP contribution in [0.5, 0.6) is 0 Å². The molecule has 3 heterocycles. The fourth-order valence-electron chi connectivity index (χ4n) is 3.26. The maximum atomic E-state index is 12.6. The van der Waals surface area contributed by atoms with Gasteiger partial charge < -0.3 is 4.90 Å². The molecule has 2 aliphatic rings. The number of aromatic nitrogens is 3. The summed E-state index contributed by atoms with van der Waals surface area (Å²) in [5.74, 6) is 0.0864. The molecule has 0 aliphatic carbocycles. The molecule has 1 aromatic heterocycles. The zero-order chi connectivity index (χ0) is 15.7. The number of carbonyl (C=O) groups is 1. The van der Waals surface area contributed by atoms with Crippen molar-refractivity contribution in [3.8, 4) is 0 Å². The summed E-state index contributed by atoms with van der Waals surface area (Å²) in [4.78, 5) is 14.5. The van der Waals surface area contributed by atoms with Gasteiger partial charge in [-0.15, -0.1) is 5.10 Å². The zero-order valence-electron chi connectivity index (χ0n) is 12.6. The molecule has 8 nitrogen and oxygen atoms in total. The Bertz CT molecular complexity index is 622. The second-order valence-corrected chi connectivity index (χ2v) is 8.03. The van der Waals surface area contributed by atoms with Crippen molar-refractivity contribution in [2.75, 3.05) is 32.4 Å². The highest BCUT2D eigenvalue weighted by molar-refractivity contribution is 7.88. The smallest absolute Gasteiger partial charge is 0.225 e. The first kappa shape index (κ1) is 15.4. The molecule has 1 aromatic rings. The summed E-state index contributed by atoms with van der Waals surface area (Å²) in [6, 6.07) is 0.197. The van der Waals surface area contributed by atoms with Crippen LogP contribution < -0.4 is 0 Å². The molecule has 2 aliphatic heterocycles. The monoisotopic (exact) mass is 327 g/mol. The van der Waals surface area contributed by atoms with Crippen LogP contribution in [0.2, 0.25) is 0 Å². The van der Waals surface area contributed by atoms with Crippen molar-refractivity contribution in [2.24, 2.45) is 5.92 Å². The van der Waals surface area contributed by atoms with Crippen LogP contribution in [0.4, 0.5) is 0 Å². The van der Waals surface area contributed by atoms with Crippen LogP contribution in [0.1, 0.15) is 25.3 Å². The van der Waals surface area contributed by atoms with Crippen LogP contribution >= 0.6 is 0 Å². The number of hydrogen-bond donors (Lipinski definition) is 0. The Morgan fingerprint density at radius 2 is 1.91 bits per heavy atom. The lowest BCUT2D eigenvalue weighted by atomic mass is 9.97. The standard InChI is InChI=1S/C13H21N5O3S/c1-22(20,21)17-7-2-11(3-8-17)13(19)16-6-4-12(10-16)18-9-5-14-15-18/h5,9,11-12H,2-4,6-8,10H2,1H3. The Hall–Kier alpha value is -1.48. The predicted octanol–water partition coefficient (Wildman–Crippen LogP) is -0.277. The summed E-state index contributed by atoms with van der Waals surface area (Å²) in [6.07, 6.45) is 6.79. The molecule has 1 atom stereocenters. The van der Waals surface area contributed by atoms with Crippen molar-refractivity contribution in [3.05, 3.63) is 12.4 Å². The molecule has 122 valence electrons. The number of nitrogens with zero attached hydrogens (tertiary/aromatic N) is 5. The molecular formula is C13H21N5O3S. The SMILES string of the molecule is CS(=O)(=O)N1CCC(C(=O)N2CCC(n3ccnn3)C2)CC1. The lowest BCUT2D eigenvalue weighted by molar-refractivity contribution is -0.135. The third-order valence-electron chi connectivity index (χ3n) is 4.56. The van der Waals surface area contributed by atoms with Crippen LogP contribution in [-0.4, -0.2) is 71.0 Å². The van der Waals surface area contributed by atoms with Crippen molar-refractivity contribution in [3.63, 3.8) is 0 Å². The van der Waals surface area contributed by atoms with E-state index >= 15 is 0 Å². The number of rotatable bonds is 3. The van der Waals surface area contributed by atoms with E-state index in [1.54, 1.807) is 10.9 Å². The van der Waals surface area contributed by atoms with E-state index in [9.17, 15) is 13.2 Å². The van der Waals surface area contributed by atoms with Gasteiger partial charge in [0.2, 0.25) is 15.9 Å². The van der Waals surface area contributed by atoms with Crippen LogP contribution in [0.3, 0.4) is 0 Å². The summed E-state index contributed by atoms with van der Waals surface area (Å²) >= 11 is 0. The van der Waals surface area contributed by atoms with Gasteiger partial charge in [-0.3, -0.25) is 4.79 Å². The highest BCUT2D eigenvalue weighted by Gasteiger charge is 2.35. The van der Waals surface area contributed by atoms with E-state index in [0.717, 1.165) is 13.0 Å². The summed E-state index contributed by atoms with van der Waals surface area (Å²) in [5.41, 5.74) is 0. The second-order valence-electron chi connectivity index (χ2n) is 6.05. The quantitative estimate of drug-likeness (QED) is 0.762. The van der Waals surface area contributed by atoms with E-state index in [4.69, 9.17) is 0 Å². The number of amides is 1. The van der Waals surface area contributed by atoms with Gasteiger partial charge in [-0.05, 0) is 19.3 Å². The molecule has 1 unspecified atom stereocenters. The topological polar surface area (TPSA) is 88.4 Å². The number of sulfonamides is 1. The molecule has 2 fully saturated rings. The maximum absolute atomic E-state index is 12.6. The normalized spacial score (nSPS) is 24.8. The minimum absolute atomic E-state index is 0.0625. The van der Waals surface area contributed by atoms with Crippen molar-refractivity contribution in [2.45, 2.75) is 25.3 Å². The summed E-state index contributed by atoms with van der Waals surface area (Å²) in [7, 11) is -3.14. The highest BCUT2D eigenvalue weighted by Crippen LogP contribution is 2.26. The fourth-order valence-corrected chi connectivity index (χ4v) is 4.14. The molecule has 9 heteroatoms. The van der Waals surface area contributed by atoms with E-state index in [1.165, 1.54) is 10.6 Å². The van der Waals surface area contributed by atoms with E-state index in [0.29, 0.717) is 32.5 Å². The molecule has 3 rings (SSSR count). The third-order valence-corrected chi connectivity index (χ3v) is 5.87. The van der Waals surface area contributed by atoms with Gasteiger partial charge in [-0.25, -0.2) is 17.4 Å². The van der Waals surface area contributed by atoms with E-state index in [2.05, 4.69) is 10.3 Å². The fraction of sp³-hybridized carbons (Fsp3) is 0.769. The van der Waals surface area contributed by atoms with E-state index in [-0.39, 0.29) is 17.9 Å². The summed E-state index contributed by atoms with van der Waals surface area (Å²) < 4.78 is 26.3. The van der Waals surface area contributed by atoms with Crippen LogP contribution in [0.25, 0.3) is 0 Å². The van der Waals surface area contributed by atoms with Gasteiger partial charge in [0, 0.05) is 38.3 Å². The summed E-state index contributed by atoms with van der Waals surface area (Å²) in [5, 5.41) is 7.80. The number of likely N-dealkylation sites (tertiary alicyclic amines) is 1. The summed E-state index contributed by atoms with van der Waals surface area (Å²) in [6.45, 7) is 2.27. The molecule has 22 heavy (non-hydrogen) atoms. The predicted molar refractivity (Wildman–Crippen MR) is 79.4 cm³/mol. The van der Waals surface area contributed by atoms with Gasteiger partial charge in [0.1, 0.15) is 0 Å². The van der Waals surface area contributed by atoms with Crippen molar-refractivity contribution < 1.29 is 13.2 Å². The maximum Gasteiger partial charge on any atom is 0.225 e. The zero-order valence-corrected chi connectivity index (χ0v) is 13.4. The molecule has 0 aromatic carbocycles. The largest absolute Gasteiger partial charge is 0.340 e. The Labute approximate surface area is 130 Å². The average molecular weight is 327 g/mol. The lowest BCUT2D eigenvalue weighted by Gasteiger charge is -2.31. The van der Waals surface area contributed by atoms with Crippen LogP contribution in [-0.2, 0) is 14.8 Å². The Morgan fingerprint density at radius 1 is 1.18 bits per heavy atom. The van der Waals surface area contributed by atoms with E-state index < -0.39 is 10.0 Å². The molecule has 0 spiro atoms. The van der Waals surface area contributed by atoms with Crippen molar-refractivity contribution in [1.29, 1.82) is 0 Å². The Kier molecular flexibility index (Phi) is 4.18. The van der Waals surface area contributed by atoms with Gasteiger partial charge in [0.25, 0.3) is 0 Å². The lowest BCUT2D eigenvalue weighted by Crippen LogP contribution is -2.43. The average Bonchev–Trinajstić information content (AvgIpc) is 3.16. The molecule has 0 bridgehead atoms. The third kappa shape index (κ3) is 3.14. The second kappa shape index (κ2) is 5.96. The van der Waals surface area contributed by atoms with Crippen molar-refractivity contribution >= 4 is 15.9 Å². The van der Waals surface area contributed by atoms with Gasteiger partial charge in [-0.2, -0.15) is 0 Å². The molecule has 0 saturated carbocycles. The Balaban J connectivity index is 1.55. The van der Waals surface area contributed by atoms with Gasteiger partial charge in [0.15, 0.2) is 0 Å². The number of piperidine rings is 1. The molecule has 2 saturated heterocycles. The van der Waals surface area contributed by atoms with Crippen LogP contribution in [0.15, 0.2) is 12.4 Å². The first-order valence-corrected chi connectivity index (χ1v) is 9.39. The minimum Gasteiger partial charge on any atom is -0.340 e. The highest BCUT2D eigenvalue weighted by atomic mass is 32.2. The molecule has 0 radical (unpaired) electrons. The van der Waals surface area contributed by atoms with Gasteiger partial charge >= 0.3 is 0 Å². The molecule has 0 N–H and O–H groups in total. The Morgan fingerprint density at radius 3 is 2.50 bits per heavy atom. The first-order valence-electron chi connectivity index (χ1n) is 7.55. The van der Waals surface area contributed by atoms with Gasteiger partial charge in [-0.1, -0.05) is 5.21 Å². The minimum atomic E-state index is -3.14. The number of carbonyl (C=O) groups excluding carboxylic acids is 1. The first-order chi connectivity index (χ1) is 10.4. The molecular weight excluding hydrogens is 306 g/mol. The molecule has 1 amide bonds.